The lowest BCUT2D eigenvalue weighted by atomic mass is 10.2. The van der Waals surface area contributed by atoms with Crippen molar-refractivity contribution < 1.29 is 10.0 Å². The fraction of sp³-hybridized carbons (Fsp3) is 0.333. The van der Waals surface area contributed by atoms with Crippen molar-refractivity contribution in [1.29, 1.82) is 0 Å². The maximum Gasteiger partial charge on any atom is 0.270 e. The molecule has 7 nitrogen and oxygen atoms in total. The largest absolute Gasteiger partial charge is 0.507 e. The van der Waals surface area contributed by atoms with Crippen LogP contribution in [0, 0.1) is 10.1 Å². The number of non-ortho nitro benzene ring substituents is 1. The summed E-state index contributed by atoms with van der Waals surface area (Å²) in [5, 5.41) is 24.6. The van der Waals surface area contributed by atoms with E-state index in [4.69, 9.17) is 12.2 Å². The summed E-state index contributed by atoms with van der Waals surface area (Å²) in [6.45, 7) is 5.43. The van der Waals surface area contributed by atoms with Crippen LogP contribution < -0.4 is 5.43 Å². The highest BCUT2D eigenvalue weighted by Crippen LogP contribution is 2.21. The fourth-order valence-corrected chi connectivity index (χ4v) is 1.81. The molecule has 0 fully saturated rings. The number of phenols is 1. The Hall–Kier alpha value is -2.22. The van der Waals surface area contributed by atoms with Crippen molar-refractivity contribution in [3.63, 3.8) is 0 Å². The van der Waals surface area contributed by atoms with Crippen molar-refractivity contribution in [1.82, 2.24) is 10.3 Å². The lowest BCUT2D eigenvalue weighted by molar-refractivity contribution is -0.384. The van der Waals surface area contributed by atoms with Crippen molar-refractivity contribution in [2.75, 3.05) is 13.1 Å². The topological polar surface area (TPSA) is 91.0 Å². The molecule has 0 heterocycles. The molecular weight excluding hydrogens is 280 g/mol. The van der Waals surface area contributed by atoms with Crippen LogP contribution in [-0.2, 0) is 0 Å². The molecule has 0 atom stereocenters. The van der Waals surface area contributed by atoms with Gasteiger partial charge in [0.25, 0.3) is 5.69 Å². The van der Waals surface area contributed by atoms with Crippen molar-refractivity contribution in [3.05, 3.63) is 33.9 Å². The number of nitro groups is 1. The predicted octanol–water partition coefficient (Wildman–Crippen LogP) is 1.85. The van der Waals surface area contributed by atoms with Gasteiger partial charge in [-0.1, -0.05) is 0 Å². The van der Waals surface area contributed by atoms with Gasteiger partial charge in [-0.2, -0.15) is 5.10 Å². The summed E-state index contributed by atoms with van der Waals surface area (Å²) in [7, 11) is 0. The Morgan fingerprint density at radius 1 is 1.55 bits per heavy atom. The van der Waals surface area contributed by atoms with Gasteiger partial charge in [0.15, 0.2) is 5.11 Å². The standard InChI is InChI=1S/C12H16N4O3S/c1-3-15(4-2)12(20)14-13-8-9-7-10(16(18)19)5-6-11(9)17/h5-8,17H,3-4H2,1-2H3,(H,14,20). The molecule has 0 radical (unpaired) electrons. The van der Waals surface area contributed by atoms with Crippen LogP contribution in [0.25, 0.3) is 0 Å². The Morgan fingerprint density at radius 3 is 2.75 bits per heavy atom. The van der Waals surface area contributed by atoms with Crippen LogP contribution in [0.4, 0.5) is 5.69 Å². The molecule has 108 valence electrons. The first-order valence-electron chi connectivity index (χ1n) is 6.05. The normalized spacial score (nSPS) is 10.5. The molecule has 0 unspecified atom stereocenters. The average molecular weight is 296 g/mol. The molecule has 1 rings (SSSR count). The Kier molecular flexibility index (Phi) is 5.85. The molecule has 0 spiro atoms. The smallest absolute Gasteiger partial charge is 0.270 e. The molecule has 1 aromatic carbocycles. The third kappa shape index (κ3) is 4.16. The molecule has 0 bridgehead atoms. The van der Waals surface area contributed by atoms with E-state index in [2.05, 4.69) is 10.5 Å². The molecule has 0 amide bonds. The van der Waals surface area contributed by atoms with E-state index in [-0.39, 0.29) is 17.0 Å². The molecule has 1 aromatic rings. The highest BCUT2D eigenvalue weighted by molar-refractivity contribution is 7.80. The average Bonchev–Trinajstić information content (AvgIpc) is 2.42. The second-order valence-corrected chi connectivity index (χ2v) is 4.23. The molecular formula is C12H16N4O3S. The van der Waals surface area contributed by atoms with Crippen LogP contribution in [0.2, 0.25) is 0 Å². The summed E-state index contributed by atoms with van der Waals surface area (Å²) < 4.78 is 0. The molecule has 8 heteroatoms. The first-order chi connectivity index (χ1) is 9.49. The highest BCUT2D eigenvalue weighted by atomic mass is 32.1. The number of nitrogens with one attached hydrogen (secondary N) is 1. The van der Waals surface area contributed by atoms with E-state index in [0.29, 0.717) is 5.11 Å². The number of phenolic OH excluding ortho intramolecular Hbond substituents is 1. The molecule has 2 N–H and O–H groups in total. The number of aromatic hydroxyl groups is 1. The Labute approximate surface area is 122 Å². The minimum Gasteiger partial charge on any atom is -0.507 e. The number of nitrogens with zero attached hydrogens (tertiary/aromatic N) is 3. The van der Waals surface area contributed by atoms with E-state index < -0.39 is 4.92 Å². The molecule has 0 saturated heterocycles. The van der Waals surface area contributed by atoms with Crippen LogP contribution in [0.3, 0.4) is 0 Å². The van der Waals surface area contributed by atoms with Gasteiger partial charge in [-0.15, -0.1) is 0 Å². The molecule has 0 aliphatic rings. The molecule has 0 aliphatic carbocycles. The van der Waals surface area contributed by atoms with E-state index in [9.17, 15) is 15.2 Å². The Morgan fingerprint density at radius 2 is 2.20 bits per heavy atom. The van der Waals surface area contributed by atoms with Crippen LogP contribution in [0.15, 0.2) is 23.3 Å². The molecule has 20 heavy (non-hydrogen) atoms. The quantitative estimate of drug-likeness (QED) is 0.373. The van der Waals surface area contributed by atoms with Gasteiger partial charge in [0.2, 0.25) is 0 Å². The number of hydrogen-bond donors (Lipinski definition) is 2. The maximum atomic E-state index is 10.6. The predicted molar refractivity (Wildman–Crippen MR) is 81.0 cm³/mol. The Bertz CT molecular complexity index is 529. The third-order valence-electron chi connectivity index (χ3n) is 2.64. The fourth-order valence-electron chi connectivity index (χ4n) is 1.50. The number of nitro benzene ring substituents is 1. The summed E-state index contributed by atoms with van der Waals surface area (Å²) in [4.78, 5) is 12.0. The van der Waals surface area contributed by atoms with Gasteiger partial charge < -0.3 is 10.0 Å². The van der Waals surface area contributed by atoms with E-state index in [1.807, 2.05) is 18.7 Å². The van der Waals surface area contributed by atoms with E-state index in [0.717, 1.165) is 13.1 Å². The van der Waals surface area contributed by atoms with Crippen molar-refractivity contribution in [2.45, 2.75) is 13.8 Å². The summed E-state index contributed by atoms with van der Waals surface area (Å²) >= 11 is 5.12. The monoisotopic (exact) mass is 296 g/mol. The number of hydrazone groups is 1. The van der Waals surface area contributed by atoms with E-state index in [1.165, 1.54) is 24.4 Å². The summed E-state index contributed by atoms with van der Waals surface area (Å²) in [6.07, 6.45) is 1.29. The SMILES string of the molecule is CCN(CC)C(=S)NN=Cc1cc([N+](=O)[O-])ccc1O. The second-order valence-electron chi connectivity index (χ2n) is 3.85. The maximum absolute atomic E-state index is 10.6. The van der Waals surface area contributed by atoms with E-state index in [1.54, 1.807) is 0 Å². The zero-order valence-electron chi connectivity index (χ0n) is 11.2. The summed E-state index contributed by atoms with van der Waals surface area (Å²) in [5.74, 6) is -0.0880. The van der Waals surface area contributed by atoms with Gasteiger partial charge in [0.1, 0.15) is 5.75 Å². The minimum atomic E-state index is -0.537. The lowest BCUT2D eigenvalue weighted by Crippen LogP contribution is -2.37. The zero-order valence-corrected chi connectivity index (χ0v) is 12.1. The van der Waals surface area contributed by atoms with Gasteiger partial charge in [0.05, 0.1) is 11.1 Å². The number of rotatable bonds is 5. The van der Waals surface area contributed by atoms with Gasteiger partial charge in [0, 0.05) is 30.8 Å². The first kappa shape index (κ1) is 15.8. The first-order valence-corrected chi connectivity index (χ1v) is 6.45. The van der Waals surface area contributed by atoms with Gasteiger partial charge >= 0.3 is 0 Å². The lowest BCUT2D eigenvalue weighted by Gasteiger charge is -2.20. The van der Waals surface area contributed by atoms with Crippen LogP contribution in [0.1, 0.15) is 19.4 Å². The Balaban J connectivity index is 2.78. The molecule has 0 aromatic heterocycles. The van der Waals surface area contributed by atoms with Crippen molar-refractivity contribution >= 4 is 29.2 Å². The van der Waals surface area contributed by atoms with Gasteiger partial charge in [-0.05, 0) is 32.1 Å². The van der Waals surface area contributed by atoms with Crippen LogP contribution in [-0.4, -0.2) is 39.3 Å². The number of hydrogen-bond acceptors (Lipinski definition) is 5. The number of benzene rings is 1. The summed E-state index contributed by atoms with van der Waals surface area (Å²) in [6, 6.07) is 3.71. The second kappa shape index (κ2) is 7.39. The highest BCUT2D eigenvalue weighted by Gasteiger charge is 2.09. The molecule has 0 saturated carbocycles. The zero-order chi connectivity index (χ0) is 15.1. The molecule has 0 aliphatic heterocycles. The minimum absolute atomic E-state index is 0.0880. The summed E-state index contributed by atoms with van der Waals surface area (Å²) in [5.41, 5.74) is 2.78. The van der Waals surface area contributed by atoms with Crippen molar-refractivity contribution in [3.8, 4) is 5.75 Å². The third-order valence-corrected chi connectivity index (χ3v) is 2.99. The van der Waals surface area contributed by atoms with E-state index >= 15 is 0 Å². The number of thiocarbonyl (C=S) groups is 1. The van der Waals surface area contributed by atoms with Crippen LogP contribution in [0.5, 0.6) is 5.75 Å². The van der Waals surface area contributed by atoms with Crippen LogP contribution >= 0.6 is 12.2 Å². The van der Waals surface area contributed by atoms with Gasteiger partial charge in [-0.3, -0.25) is 15.5 Å². The van der Waals surface area contributed by atoms with Gasteiger partial charge in [-0.25, -0.2) is 0 Å². The van der Waals surface area contributed by atoms with Crippen molar-refractivity contribution in [2.24, 2.45) is 5.10 Å².